The summed E-state index contributed by atoms with van der Waals surface area (Å²) in [6, 6.07) is 4.20. The Labute approximate surface area is 117 Å². The van der Waals surface area contributed by atoms with Gasteiger partial charge in [0.25, 0.3) is 11.6 Å². The van der Waals surface area contributed by atoms with E-state index in [1.807, 2.05) is 0 Å². The second-order valence-electron chi connectivity index (χ2n) is 4.93. The van der Waals surface area contributed by atoms with Crippen LogP contribution in [0.15, 0.2) is 18.2 Å². The molecule has 0 aromatic heterocycles. The molecule has 1 aromatic rings. The van der Waals surface area contributed by atoms with Crippen molar-refractivity contribution in [2.24, 2.45) is 5.73 Å². The van der Waals surface area contributed by atoms with Crippen LogP contribution in [0.3, 0.4) is 0 Å². The van der Waals surface area contributed by atoms with Gasteiger partial charge in [0.2, 0.25) is 0 Å². The van der Waals surface area contributed by atoms with E-state index in [1.54, 1.807) is 26.8 Å². The Morgan fingerprint density at radius 2 is 2.05 bits per heavy atom. The average molecular weight is 288 g/mol. The zero-order valence-electron chi connectivity index (χ0n) is 11.1. The van der Waals surface area contributed by atoms with E-state index >= 15 is 0 Å². The molecule has 7 heteroatoms. The Morgan fingerprint density at radius 1 is 1.47 bits per heavy atom. The lowest BCUT2D eigenvalue weighted by Gasteiger charge is -2.19. The zero-order valence-corrected chi connectivity index (χ0v) is 11.9. The van der Waals surface area contributed by atoms with Crippen LogP contribution in [0.5, 0.6) is 0 Å². The van der Waals surface area contributed by atoms with Crippen molar-refractivity contribution in [2.45, 2.75) is 26.3 Å². The van der Waals surface area contributed by atoms with Crippen molar-refractivity contribution in [2.75, 3.05) is 6.54 Å². The van der Waals surface area contributed by atoms with Crippen LogP contribution < -0.4 is 11.1 Å². The van der Waals surface area contributed by atoms with Gasteiger partial charge in [0.1, 0.15) is 0 Å². The minimum absolute atomic E-state index is 0. The lowest BCUT2D eigenvalue weighted by Crippen LogP contribution is -2.45. The van der Waals surface area contributed by atoms with Crippen LogP contribution in [0.4, 0.5) is 5.69 Å². The average Bonchev–Trinajstić information content (AvgIpc) is 2.25. The first-order valence-corrected chi connectivity index (χ1v) is 5.53. The lowest BCUT2D eigenvalue weighted by atomic mass is 10.1. The number of carbonyl (C=O) groups is 1. The normalized spacial score (nSPS) is 10.5. The van der Waals surface area contributed by atoms with E-state index in [0.717, 1.165) is 0 Å². The monoisotopic (exact) mass is 287 g/mol. The number of carbonyl (C=O) groups excluding carboxylic acids is 1. The molecule has 0 aliphatic heterocycles. The number of amides is 1. The maximum Gasteiger partial charge on any atom is 0.270 e. The quantitative estimate of drug-likeness (QED) is 0.651. The summed E-state index contributed by atoms with van der Waals surface area (Å²) >= 11 is 0. The van der Waals surface area contributed by atoms with Crippen LogP contribution in [0.2, 0.25) is 0 Å². The molecule has 0 atom stereocenters. The minimum atomic E-state index is -0.525. The number of nitrogens with one attached hydrogen (secondary N) is 1. The van der Waals surface area contributed by atoms with Gasteiger partial charge in [-0.3, -0.25) is 14.9 Å². The van der Waals surface area contributed by atoms with Gasteiger partial charge in [-0.05, 0) is 26.3 Å². The van der Waals surface area contributed by atoms with Crippen molar-refractivity contribution < 1.29 is 9.72 Å². The number of benzene rings is 1. The topological polar surface area (TPSA) is 98.3 Å². The molecule has 3 N–H and O–H groups in total. The van der Waals surface area contributed by atoms with Crippen molar-refractivity contribution in [3.63, 3.8) is 0 Å². The molecule has 0 aliphatic carbocycles. The van der Waals surface area contributed by atoms with Crippen LogP contribution in [0.25, 0.3) is 0 Å². The van der Waals surface area contributed by atoms with Gasteiger partial charge < -0.3 is 11.1 Å². The number of halogens is 1. The third kappa shape index (κ3) is 5.23. The Balaban J connectivity index is 0.00000324. The number of aryl methyl sites for hydroxylation is 1. The number of nitrogens with zero attached hydrogens (tertiary/aromatic N) is 1. The molecule has 1 amide bonds. The Hall–Kier alpha value is -1.66. The number of nitrogens with two attached hydrogens (primary N) is 1. The third-order valence-corrected chi connectivity index (χ3v) is 2.38. The van der Waals surface area contributed by atoms with Crippen LogP contribution in [0.1, 0.15) is 29.8 Å². The molecular formula is C12H18ClN3O3. The van der Waals surface area contributed by atoms with Crippen LogP contribution in [-0.2, 0) is 0 Å². The molecule has 0 fully saturated rings. The maximum absolute atomic E-state index is 11.9. The van der Waals surface area contributed by atoms with Crippen molar-refractivity contribution in [3.8, 4) is 0 Å². The third-order valence-electron chi connectivity index (χ3n) is 2.38. The number of rotatable bonds is 4. The van der Waals surface area contributed by atoms with E-state index in [4.69, 9.17) is 5.73 Å². The predicted molar refractivity (Wildman–Crippen MR) is 75.7 cm³/mol. The van der Waals surface area contributed by atoms with Gasteiger partial charge >= 0.3 is 0 Å². The van der Waals surface area contributed by atoms with Crippen molar-refractivity contribution >= 4 is 24.0 Å². The molecule has 106 valence electrons. The molecule has 1 aromatic carbocycles. The van der Waals surface area contributed by atoms with Gasteiger partial charge in [0.05, 0.1) is 4.92 Å². The molecule has 0 saturated heterocycles. The molecule has 0 unspecified atom stereocenters. The maximum atomic E-state index is 11.9. The molecule has 0 saturated carbocycles. The van der Waals surface area contributed by atoms with Crippen molar-refractivity contribution in [3.05, 3.63) is 39.4 Å². The highest BCUT2D eigenvalue weighted by molar-refractivity contribution is 5.96. The number of nitro groups is 1. The summed E-state index contributed by atoms with van der Waals surface area (Å²) < 4.78 is 0. The van der Waals surface area contributed by atoms with E-state index in [1.165, 1.54) is 12.1 Å². The molecule has 0 aliphatic rings. The first-order chi connectivity index (χ1) is 8.20. The van der Waals surface area contributed by atoms with Crippen LogP contribution in [-0.4, -0.2) is 22.9 Å². The van der Waals surface area contributed by atoms with E-state index < -0.39 is 10.5 Å². The Morgan fingerprint density at radius 3 is 2.53 bits per heavy atom. The zero-order chi connectivity index (χ0) is 13.9. The molecule has 0 heterocycles. The lowest BCUT2D eigenvalue weighted by molar-refractivity contribution is -0.384. The summed E-state index contributed by atoms with van der Waals surface area (Å²) in [6.45, 7) is 5.60. The number of nitro benzene ring substituents is 1. The summed E-state index contributed by atoms with van der Waals surface area (Å²) in [5, 5.41) is 13.3. The highest BCUT2D eigenvalue weighted by atomic mass is 35.5. The molecule has 0 bridgehead atoms. The summed E-state index contributed by atoms with van der Waals surface area (Å²) in [6.07, 6.45) is 0. The minimum Gasteiger partial charge on any atom is -0.350 e. The largest absolute Gasteiger partial charge is 0.350 e. The van der Waals surface area contributed by atoms with Gasteiger partial charge in [0.15, 0.2) is 0 Å². The Kier molecular flexibility index (Phi) is 5.92. The van der Waals surface area contributed by atoms with Crippen molar-refractivity contribution in [1.29, 1.82) is 0 Å². The van der Waals surface area contributed by atoms with Gasteiger partial charge in [-0.1, -0.05) is 6.07 Å². The van der Waals surface area contributed by atoms with E-state index in [-0.39, 0.29) is 24.0 Å². The predicted octanol–water partition coefficient (Wildman–Crippen LogP) is 1.79. The fraction of sp³-hybridized carbons (Fsp3) is 0.417. The molecular weight excluding hydrogens is 270 g/mol. The first kappa shape index (κ1) is 17.3. The Bertz CT molecular complexity index is 484. The van der Waals surface area contributed by atoms with Crippen LogP contribution >= 0.6 is 12.4 Å². The highest BCUT2D eigenvalue weighted by Gasteiger charge is 2.17. The smallest absolute Gasteiger partial charge is 0.270 e. The van der Waals surface area contributed by atoms with E-state index in [2.05, 4.69) is 5.32 Å². The number of hydrogen-bond acceptors (Lipinski definition) is 4. The molecule has 1 rings (SSSR count). The SMILES string of the molecule is Cc1ccc([N+](=O)[O-])cc1C(=O)NCC(C)(C)N.Cl. The summed E-state index contributed by atoms with van der Waals surface area (Å²) in [5.74, 6) is -0.352. The highest BCUT2D eigenvalue weighted by Crippen LogP contribution is 2.17. The van der Waals surface area contributed by atoms with Crippen molar-refractivity contribution in [1.82, 2.24) is 5.32 Å². The van der Waals surface area contributed by atoms with Crippen LogP contribution in [0, 0.1) is 17.0 Å². The molecule has 0 radical (unpaired) electrons. The second kappa shape index (κ2) is 6.49. The van der Waals surface area contributed by atoms with Gasteiger partial charge in [-0.2, -0.15) is 0 Å². The molecule has 19 heavy (non-hydrogen) atoms. The van der Waals surface area contributed by atoms with E-state index in [0.29, 0.717) is 17.7 Å². The van der Waals surface area contributed by atoms with Gasteiger partial charge in [-0.25, -0.2) is 0 Å². The summed E-state index contributed by atoms with van der Waals surface area (Å²) in [4.78, 5) is 22.0. The molecule has 6 nitrogen and oxygen atoms in total. The second-order valence-corrected chi connectivity index (χ2v) is 4.93. The first-order valence-electron chi connectivity index (χ1n) is 5.53. The standard InChI is InChI=1S/C12H17N3O3.ClH/c1-8-4-5-9(15(17)18)6-10(8)11(16)14-7-12(2,3)13;/h4-6H,7,13H2,1-3H3,(H,14,16);1H. The number of hydrogen-bond donors (Lipinski definition) is 2. The summed E-state index contributed by atoms with van der Waals surface area (Å²) in [5.41, 5.74) is 6.12. The van der Waals surface area contributed by atoms with Gasteiger partial charge in [-0.15, -0.1) is 12.4 Å². The number of non-ortho nitro benzene ring substituents is 1. The fourth-order valence-electron chi connectivity index (χ4n) is 1.37. The fourth-order valence-corrected chi connectivity index (χ4v) is 1.37. The van der Waals surface area contributed by atoms with Gasteiger partial charge in [0, 0.05) is 29.8 Å². The van der Waals surface area contributed by atoms with E-state index in [9.17, 15) is 14.9 Å². The summed E-state index contributed by atoms with van der Waals surface area (Å²) in [7, 11) is 0. The molecule has 0 spiro atoms.